The van der Waals surface area contributed by atoms with Crippen LogP contribution in [0.3, 0.4) is 0 Å². The van der Waals surface area contributed by atoms with Crippen LogP contribution in [0.1, 0.15) is 11.1 Å². The van der Waals surface area contributed by atoms with E-state index in [1.165, 1.54) is 15.2 Å². The summed E-state index contributed by atoms with van der Waals surface area (Å²) in [5.74, 6) is 0. The van der Waals surface area contributed by atoms with E-state index < -0.39 is 10.0 Å². The SMILES string of the molecule is Cc1ccc(S(=O)(=O)n2ccc3cc(N4CCNCc5ccccc54)ccc32)cc1. The zero-order chi connectivity index (χ0) is 20.7. The first-order chi connectivity index (χ1) is 14.5. The van der Waals surface area contributed by atoms with Crippen LogP contribution in [0.25, 0.3) is 10.9 Å². The third kappa shape index (κ3) is 3.18. The largest absolute Gasteiger partial charge is 0.340 e. The zero-order valence-corrected chi connectivity index (χ0v) is 17.6. The number of rotatable bonds is 3. The number of nitrogens with one attached hydrogen (secondary N) is 1. The van der Waals surface area contributed by atoms with E-state index in [1.807, 2.05) is 37.3 Å². The monoisotopic (exact) mass is 417 g/mol. The van der Waals surface area contributed by atoms with Crippen LogP contribution < -0.4 is 10.2 Å². The fourth-order valence-electron chi connectivity index (χ4n) is 4.03. The van der Waals surface area contributed by atoms with Gasteiger partial charge in [0.2, 0.25) is 0 Å². The molecule has 1 aliphatic heterocycles. The molecule has 0 fully saturated rings. The van der Waals surface area contributed by atoms with E-state index in [0.717, 1.165) is 36.3 Å². The molecule has 3 aromatic carbocycles. The summed E-state index contributed by atoms with van der Waals surface area (Å²) in [4.78, 5) is 2.59. The van der Waals surface area contributed by atoms with Crippen molar-refractivity contribution in [2.24, 2.45) is 0 Å². The van der Waals surface area contributed by atoms with E-state index >= 15 is 0 Å². The minimum absolute atomic E-state index is 0.294. The van der Waals surface area contributed by atoms with Gasteiger partial charge in [-0.25, -0.2) is 12.4 Å². The van der Waals surface area contributed by atoms with Gasteiger partial charge in [0.05, 0.1) is 10.4 Å². The molecular weight excluding hydrogens is 394 g/mol. The Labute approximate surface area is 176 Å². The van der Waals surface area contributed by atoms with Crippen LogP contribution in [0.4, 0.5) is 11.4 Å². The van der Waals surface area contributed by atoms with E-state index in [1.54, 1.807) is 18.3 Å². The van der Waals surface area contributed by atoms with Gasteiger partial charge in [-0.1, -0.05) is 35.9 Å². The van der Waals surface area contributed by atoms with Crippen molar-refractivity contribution in [3.63, 3.8) is 0 Å². The number of nitrogens with zero attached hydrogens (tertiary/aromatic N) is 2. The average Bonchev–Trinajstić information content (AvgIpc) is 3.07. The summed E-state index contributed by atoms with van der Waals surface area (Å²) in [5, 5.41) is 4.36. The van der Waals surface area contributed by atoms with Gasteiger partial charge >= 0.3 is 0 Å². The Morgan fingerprint density at radius 2 is 1.73 bits per heavy atom. The Hall–Kier alpha value is -3.09. The topological polar surface area (TPSA) is 54.3 Å². The predicted octanol–water partition coefficient (Wildman–Crippen LogP) is 4.43. The molecule has 0 atom stereocenters. The summed E-state index contributed by atoms with van der Waals surface area (Å²) in [7, 11) is -3.64. The smallest absolute Gasteiger partial charge is 0.268 e. The number of fused-ring (bicyclic) bond motifs is 2. The van der Waals surface area contributed by atoms with Crippen LogP contribution in [0, 0.1) is 6.92 Å². The third-order valence-corrected chi connectivity index (χ3v) is 7.34. The first-order valence-corrected chi connectivity index (χ1v) is 11.5. The van der Waals surface area contributed by atoms with Crippen molar-refractivity contribution in [3.05, 3.63) is 90.1 Å². The first-order valence-electron chi connectivity index (χ1n) is 10.0. The summed E-state index contributed by atoms with van der Waals surface area (Å²) in [6.45, 7) is 4.53. The summed E-state index contributed by atoms with van der Waals surface area (Å²) in [6, 6.07) is 23.2. The van der Waals surface area contributed by atoms with Crippen LogP contribution in [0.15, 0.2) is 83.9 Å². The minimum Gasteiger partial charge on any atom is -0.340 e. The molecule has 152 valence electrons. The molecule has 0 spiro atoms. The number of hydrogen-bond donors (Lipinski definition) is 1. The molecule has 0 bridgehead atoms. The maximum absolute atomic E-state index is 13.2. The van der Waals surface area contributed by atoms with Crippen molar-refractivity contribution < 1.29 is 8.42 Å². The molecule has 5 rings (SSSR count). The molecule has 0 aliphatic carbocycles. The maximum atomic E-state index is 13.2. The Balaban J connectivity index is 1.57. The second-order valence-corrected chi connectivity index (χ2v) is 9.44. The summed E-state index contributed by atoms with van der Waals surface area (Å²) < 4.78 is 27.7. The Morgan fingerprint density at radius 3 is 2.57 bits per heavy atom. The van der Waals surface area contributed by atoms with Crippen molar-refractivity contribution in [3.8, 4) is 0 Å². The number of hydrogen-bond acceptors (Lipinski definition) is 4. The highest BCUT2D eigenvalue weighted by atomic mass is 32.2. The maximum Gasteiger partial charge on any atom is 0.268 e. The van der Waals surface area contributed by atoms with Gasteiger partial charge in [0, 0.05) is 42.6 Å². The van der Waals surface area contributed by atoms with Gasteiger partial charge in [-0.15, -0.1) is 0 Å². The Bertz CT molecular complexity index is 1320. The van der Waals surface area contributed by atoms with Crippen LogP contribution >= 0.6 is 0 Å². The van der Waals surface area contributed by atoms with E-state index in [9.17, 15) is 8.42 Å². The van der Waals surface area contributed by atoms with Gasteiger partial charge in [0.1, 0.15) is 0 Å². The normalized spacial score (nSPS) is 14.5. The lowest BCUT2D eigenvalue weighted by Crippen LogP contribution is -2.24. The summed E-state index contributed by atoms with van der Waals surface area (Å²) in [5.41, 5.74) is 5.22. The number of para-hydroxylation sites is 1. The molecule has 5 nitrogen and oxygen atoms in total. The second kappa shape index (κ2) is 7.31. The quantitative estimate of drug-likeness (QED) is 0.536. The third-order valence-electron chi connectivity index (χ3n) is 5.64. The van der Waals surface area contributed by atoms with Crippen LogP contribution in [-0.2, 0) is 16.6 Å². The van der Waals surface area contributed by atoms with Gasteiger partial charge in [-0.05, 0) is 55.0 Å². The highest BCUT2D eigenvalue weighted by Gasteiger charge is 2.20. The van der Waals surface area contributed by atoms with Crippen molar-refractivity contribution in [2.45, 2.75) is 18.4 Å². The molecule has 0 unspecified atom stereocenters. The predicted molar refractivity (Wildman–Crippen MR) is 121 cm³/mol. The minimum atomic E-state index is -3.64. The van der Waals surface area contributed by atoms with E-state index in [4.69, 9.17) is 0 Å². The van der Waals surface area contributed by atoms with Crippen molar-refractivity contribution in [1.82, 2.24) is 9.29 Å². The number of aromatic nitrogens is 1. The van der Waals surface area contributed by atoms with Crippen molar-refractivity contribution in [1.29, 1.82) is 0 Å². The van der Waals surface area contributed by atoms with Crippen molar-refractivity contribution in [2.75, 3.05) is 18.0 Å². The highest BCUT2D eigenvalue weighted by Crippen LogP contribution is 2.33. The number of anilines is 2. The van der Waals surface area contributed by atoms with E-state index in [2.05, 4.69) is 40.5 Å². The molecule has 1 aliphatic rings. The van der Waals surface area contributed by atoms with Gasteiger partial charge in [0.15, 0.2) is 0 Å². The average molecular weight is 418 g/mol. The standard InChI is InChI=1S/C24H23N3O2S/c1-18-6-9-22(10-7-18)30(28,29)27-14-12-19-16-21(8-11-24(19)27)26-15-13-25-17-20-4-2-3-5-23(20)26/h2-12,14,16,25H,13,15,17H2,1H3. The van der Waals surface area contributed by atoms with E-state index in [0.29, 0.717) is 10.4 Å². The molecule has 4 aromatic rings. The van der Waals surface area contributed by atoms with Crippen LogP contribution in [0.2, 0.25) is 0 Å². The fourth-order valence-corrected chi connectivity index (χ4v) is 5.39. The molecule has 2 heterocycles. The summed E-state index contributed by atoms with van der Waals surface area (Å²) in [6.07, 6.45) is 1.64. The number of benzene rings is 3. The second-order valence-electron chi connectivity index (χ2n) is 7.63. The molecule has 30 heavy (non-hydrogen) atoms. The van der Waals surface area contributed by atoms with Crippen molar-refractivity contribution >= 4 is 32.3 Å². The number of aryl methyl sites for hydroxylation is 1. The fraction of sp³-hybridized carbons (Fsp3) is 0.167. The first kappa shape index (κ1) is 18.9. The molecule has 0 amide bonds. The lowest BCUT2D eigenvalue weighted by atomic mass is 10.1. The zero-order valence-electron chi connectivity index (χ0n) is 16.7. The van der Waals surface area contributed by atoms with Crippen LogP contribution in [-0.4, -0.2) is 25.5 Å². The van der Waals surface area contributed by atoms with E-state index in [-0.39, 0.29) is 0 Å². The molecule has 0 saturated heterocycles. The van der Waals surface area contributed by atoms with Gasteiger partial charge in [-0.2, -0.15) is 0 Å². The molecule has 0 saturated carbocycles. The Morgan fingerprint density at radius 1 is 0.933 bits per heavy atom. The molecule has 6 heteroatoms. The lowest BCUT2D eigenvalue weighted by Gasteiger charge is -2.25. The van der Waals surface area contributed by atoms with Gasteiger partial charge in [0.25, 0.3) is 10.0 Å². The van der Waals surface area contributed by atoms with Crippen LogP contribution in [0.5, 0.6) is 0 Å². The Kier molecular flexibility index (Phi) is 4.60. The summed E-state index contributed by atoms with van der Waals surface area (Å²) >= 11 is 0. The lowest BCUT2D eigenvalue weighted by molar-refractivity contribution is 0.589. The molecule has 1 aromatic heterocycles. The molecule has 1 N–H and O–H groups in total. The van der Waals surface area contributed by atoms with Gasteiger partial charge in [-0.3, -0.25) is 0 Å². The molecule has 0 radical (unpaired) electrons. The van der Waals surface area contributed by atoms with Gasteiger partial charge < -0.3 is 10.2 Å². The molecular formula is C24H23N3O2S. The highest BCUT2D eigenvalue weighted by molar-refractivity contribution is 7.90.